The zero-order chi connectivity index (χ0) is 12.8. The average Bonchev–Trinajstić information content (AvgIpc) is 2.93. The third kappa shape index (κ3) is 1.71. The lowest BCUT2D eigenvalue weighted by Gasteiger charge is -2.20. The van der Waals surface area contributed by atoms with Gasteiger partial charge in [0.2, 0.25) is 0 Å². The second-order valence-electron chi connectivity index (χ2n) is 6.05. The van der Waals surface area contributed by atoms with Crippen molar-refractivity contribution in [2.75, 3.05) is 0 Å². The Morgan fingerprint density at radius 3 is 2.53 bits per heavy atom. The third-order valence-corrected chi connectivity index (χ3v) is 5.20. The van der Waals surface area contributed by atoms with Crippen molar-refractivity contribution in [3.63, 3.8) is 0 Å². The zero-order valence-electron chi connectivity index (χ0n) is 11.0. The molecule has 0 saturated heterocycles. The average molecular weight is 252 g/mol. The number of nitrogens with two attached hydrogens (primary N) is 1. The second-order valence-corrected chi connectivity index (χ2v) is 6.05. The van der Waals surface area contributed by atoms with E-state index in [4.69, 9.17) is 5.84 Å². The van der Waals surface area contributed by atoms with Crippen molar-refractivity contribution in [2.45, 2.75) is 25.3 Å². The van der Waals surface area contributed by atoms with Gasteiger partial charge in [0, 0.05) is 6.04 Å². The summed E-state index contributed by atoms with van der Waals surface area (Å²) in [6.45, 7) is 0. The lowest BCUT2D eigenvalue weighted by atomic mass is 9.93. The van der Waals surface area contributed by atoms with Crippen LogP contribution < -0.4 is 11.3 Å². The molecule has 2 heteroatoms. The summed E-state index contributed by atoms with van der Waals surface area (Å²) in [6.07, 6.45) is 4.22. The number of fused-ring (bicyclic) bond motifs is 2. The van der Waals surface area contributed by atoms with Crippen molar-refractivity contribution in [1.29, 1.82) is 0 Å². The van der Waals surface area contributed by atoms with Crippen LogP contribution in [0.4, 0.5) is 0 Å². The molecule has 0 amide bonds. The highest BCUT2D eigenvalue weighted by Crippen LogP contribution is 2.62. The van der Waals surface area contributed by atoms with E-state index in [1.807, 2.05) is 0 Å². The highest BCUT2D eigenvalue weighted by Gasteiger charge is 2.56. The maximum absolute atomic E-state index is 5.89. The minimum Gasteiger partial charge on any atom is -0.271 e. The Labute approximate surface area is 114 Å². The van der Waals surface area contributed by atoms with Crippen LogP contribution in [0.5, 0.6) is 0 Å². The standard InChI is InChI=1S/C17H20N2/c18-19-17(16-13-8-4-9-14(13)16)15-10-3-6-11-5-1-2-7-12(11)15/h1-3,5-7,10,13-14,16-17,19H,4,8-9,18H2. The highest BCUT2D eigenvalue weighted by atomic mass is 15.2. The quantitative estimate of drug-likeness (QED) is 0.649. The Balaban J connectivity index is 1.76. The summed E-state index contributed by atoms with van der Waals surface area (Å²) < 4.78 is 0. The van der Waals surface area contributed by atoms with E-state index in [9.17, 15) is 0 Å². The molecule has 0 heterocycles. The van der Waals surface area contributed by atoms with Gasteiger partial charge in [-0.15, -0.1) is 0 Å². The molecule has 3 unspecified atom stereocenters. The van der Waals surface area contributed by atoms with Crippen molar-refractivity contribution in [3.05, 3.63) is 48.0 Å². The molecular formula is C17H20N2. The molecule has 19 heavy (non-hydrogen) atoms. The van der Waals surface area contributed by atoms with E-state index in [0.29, 0.717) is 6.04 Å². The summed E-state index contributed by atoms with van der Waals surface area (Å²) in [7, 11) is 0. The number of hydrogen-bond acceptors (Lipinski definition) is 2. The molecule has 4 rings (SSSR count). The summed E-state index contributed by atoms with van der Waals surface area (Å²) in [5, 5.41) is 2.66. The predicted molar refractivity (Wildman–Crippen MR) is 78.3 cm³/mol. The van der Waals surface area contributed by atoms with Crippen molar-refractivity contribution < 1.29 is 0 Å². The normalized spacial score (nSPS) is 30.3. The van der Waals surface area contributed by atoms with E-state index in [0.717, 1.165) is 17.8 Å². The minimum atomic E-state index is 0.321. The molecule has 2 nitrogen and oxygen atoms in total. The van der Waals surface area contributed by atoms with Crippen LogP contribution in [-0.4, -0.2) is 0 Å². The molecular weight excluding hydrogens is 232 g/mol. The highest BCUT2D eigenvalue weighted by molar-refractivity contribution is 5.86. The monoisotopic (exact) mass is 252 g/mol. The van der Waals surface area contributed by atoms with E-state index in [1.165, 1.54) is 35.6 Å². The summed E-state index contributed by atoms with van der Waals surface area (Å²) in [5.41, 5.74) is 4.48. The van der Waals surface area contributed by atoms with E-state index in [-0.39, 0.29) is 0 Å². The number of nitrogens with one attached hydrogen (secondary N) is 1. The summed E-state index contributed by atoms with van der Waals surface area (Å²) in [4.78, 5) is 0. The fourth-order valence-electron chi connectivity index (χ4n) is 4.30. The molecule has 0 radical (unpaired) electrons. The molecule has 0 bridgehead atoms. The smallest absolute Gasteiger partial charge is 0.0499 e. The molecule has 0 aliphatic heterocycles. The summed E-state index contributed by atoms with van der Waals surface area (Å²) in [6, 6.07) is 15.5. The molecule has 2 aliphatic rings. The van der Waals surface area contributed by atoms with Crippen LogP contribution in [0.1, 0.15) is 30.9 Å². The molecule has 2 aliphatic carbocycles. The molecule has 3 atom stereocenters. The van der Waals surface area contributed by atoms with Gasteiger partial charge in [-0.2, -0.15) is 0 Å². The van der Waals surface area contributed by atoms with Gasteiger partial charge in [0.1, 0.15) is 0 Å². The fraction of sp³-hybridized carbons (Fsp3) is 0.412. The summed E-state index contributed by atoms with van der Waals surface area (Å²) >= 11 is 0. The molecule has 2 aromatic carbocycles. The Morgan fingerprint density at radius 2 is 1.74 bits per heavy atom. The van der Waals surface area contributed by atoms with E-state index in [2.05, 4.69) is 47.9 Å². The van der Waals surface area contributed by atoms with Crippen LogP contribution in [0.25, 0.3) is 10.8 Å². The first-order chi connectivity index (χ1) is 9.40. The molecule has 0 spiro atoms. The lowest BCUT2D eigenvalue weighted by molar-refractivity contribution is 0.427. The van der Waals surface area contributed by atoms with Crippen LogP contribution in [0.2, 0.25) is 0 Å². The fourth-order valence-corrected chi connectivity index (χ4v) is 4.30. The second kappa shape index (κ2) is 4.32. The maximum atomic E-state index is 5.89. The molecule has 2 aromatic rings. The Morgan fingerprint density at radius 1 is 1.00 bits per heavy atom. The topological polar surface area (TPSA) is 38.0 Å². The Hall–Kier alpha value is -1.38. The van der Waals surface area contributed by atoms with Crippen LogP contribution >= 0.6 is 0 Å². The van der Waals surface area contributed by atoms with Gasteiger partial charge in [-0.3, -0.25) is 11.3 Å². The first-order valence-corrected chi connectivity index (χ1v) is 7.34. The van der Waals surface area contributed by atoms with Crippen LogP contribution in [-0.2, 0) is 0 Å². The molecule has 2 fully saturated rings. The van der Waals surface area contributed by atoms with Gasteiger partial charge in [0.15, 0.2) is 0 Å². The number of benzene rings is 2. The molecule has 0 aromatic heterocycles. The van der Waals surface area contributed by atoms with E-state index >= 15 is 0 Å². The largest absolute Gasteiger partial charge is 0.271 e. The van der Waals surface area contributed by atoms with Gasteiger partial charge < -0.3 is 0 Å². The van der Waals surface area contributed by atoms with Crippen molar-refractivity contribution in [1.82, 2.24) is 5.43 Å². The Bertz CT molecular complexity index is 592. The maximum Gasteiger partial charge on any atom is 0.0499 e. The minimum absolute atomic E-state index is 0.321. The van der Waals surface area contributed by atoms with Crippen LogP contribution in [0.3, 0.4) is 0 Å². The Kier molecular flexibility index (Phi) is 2.61. The van der Waals surface area contributed by atoms with Gasteiger partial charge >= 0.3 is 0 Å². The van der Waals surface area contributed by atoms with Gasteiger partial charge in [0.25, 0.3) is 0 Å². The first kappa shape index (κ1) is 11.4. The predicted octanol–water partition coefficient (Wildman–Crippen LogP) is 3.39. The van der Waals surface area contributed by atoms with Gasteiger partial charge in [-0.1, -0.05) is 48.9 Å². The van der Waals surface area contributed by atoms with Crippen LogP contribution in [0, 0.1) is 17.8 Å². The van der Waals surface area contributed by atoms with Gasteiger partial charge in [-0.05, 0) is 46.9 Å². The molecule has 3 N–H and O–H groups in total. The number of hydrazine groups is 1. The van der Waals surface area contributed by atoms with Crippen molar-refractivity contribution in [3.8, 4) is 0 Å². The number of hydrogen-bond donors (Lipinski definition) is 2. The lowest BCUT2D eigenvalue weighted by Crippen LogP contribution is -2.30. The molecule has 98 valence electrons. The summed E-state index contributed by atoms with van der Waals surface area (Å²) in [5.74, 6) is 8.48. The van der Waals surface area contributed by atoms with Crippen LogP contribution in [0.15, 0.2) is 42.5 Å². The SMILES string of the molecule is NNC(c1cccc2ccccc12)C1C2CCCC21. The van der Waals surface area contributed by atoms with Crippen molar-refractivity contribution in [2.24, 2.45) is 23.6 Å². The van der Waals surface area contributed by atoms with Gasteiger partial charge in [-0.25, -0.2) is 0 Å². The first-order valence-electron chi connectivity index (χ1n) is 7.34. The van der Waals surface area contributed by atoms with E-state index in [1.54, 1.807) is 0 Å². The molecule has 2 saturated carbocycles. The van der Waals surface area contributed by atoms with E-state index < -0.39 is 0 Å². The van der Waals surface area contributed by atoms with Gasteiger partial charge in [0.05, 0.1) is 0 Å². The van der Waals surface area contributed by atoms with Crippen molar-refractivity contribution >= 4 is 10.8 Å². The number of rotatable bonds is 3. The zero-order valence-corrected chi connectivity index (χ0v) is 11.0. The third-order valence-electron chi connectivity index (χ3n) is 5.20.